The average Bonchev–Trinajstić information content (AvgIpc) is 3.38. The van der Waals surface area contributed by atoms with Crippen molar-refractivity contribution in [3.8, 4) is 0 Å². The van der Waals surface area contributed by atoms with Crippen LogP contribution in [0, 0.1) is 18.3 Å². The van der Waals surface area contributed by atoms with Crippen LogP contribution in [0.5, 0.6) is 0 Å². The van der Waals surface area contributed by atoms with Gasteiger partial charge in [0.15, 0.2) is 5.43 Å². The average molecular weight is 485 g/mol. The Morgan fingerprint density at radius 2 is 1.81 bits per heavy atom. The first-order valence-electron chi connectivity index (χ1n) is 13.5. The maximum absolute atomic E-state index is 13.2. The topological polar surface area (TPSA) is 62.6 Å². The van der Waals surface area contributed by atoms with Crippen LogP contribution < -0.4 is 10.7 Å². The van der Waals surface area contributed by atoms with E-state index in [-0.39, 0.29) is 28.1 Å². The van der Waals surface area contributed by atoms with Gasteiger partial charge in [-0.25, -0.2) is 0 Å². The van der Waals surface area contributed by atoms with E-state index in [1.807, 2.05) is 25.1 Å². The number of carbonyl (C=O) groups is 1. The van der Waals surface area contributed by atoms with Gasteiger partial charge in [-0.05, 0) is 75.2 Å². The molecule has 6 rings (SSSR count). The van der Waals surface area contributed by atoms with Gasteiger partial charge in [0.2, 0.25) is 5.91 Å². The van der Waals surface area contributed by atoms with Crippen LogP contribution in [0.4, 0.5) is 0 Å². The molecular formula is C31H36N2O3. The van der Waals surface area contributed by atoms with Gasteiger partial charge in [-0.2, -0.15) is 0 Å². The monoisotopic (exact) mass is 484 g/mol. The van der Waals surface area contributed by atoms with Gasteiger partial charge in [0.05, 0.1) is 11.6 Å². The molecule has 0 bridgehead atoms. The summed E-state index contributed by atoms with van der Waals surface area (Å²) in [5, 5.41) is 4.03. The third-order valence-corrected chi connectivity index (χ3v) is 9.30. The van der Waals surface area contributed by atoms with Gasteiger partial charge in [0.25, 0.3) is 0 Å². The number of benzene rings is 2. The minimum absolute atomic E-state index is 0.0724. The Kier molecular flexibility index (Phi) is 5.99. The number of fused-ring (bicyclic) bond motifs is 1. The van der Waals surface area contributed by atoms with Crippen LogP contribution in [0.15, 0.2) is 64.0 Å². The van der Waals surface area contributed by atoms with Crippen LogP contribution in [0.2, 0.25) is 0 Å². The molecule has 3 aliphatic rings. The van der Waals surface area contributed by atoms with E-state index in [0.29, 0.717) is 17.5 Å². The van der Waals surface area contributed by atoms with E-state index >= 15 is 0 Å². The van der Waals surface area contributed by atoms with Gasteiger partial charge in [-0.15, -0.1) is 0 Å². The van der Waals surface area contributed by atoms with E-state index in [1.54, 1.807) is 6.26 Å². The van der Waals surface area contributed by atoms with Crippen molar-refractivity contribution in [3.05, 3.63) is 81.7 Å². The molecule has 1 aliphatic heterocycles. The van der Waals surface area contributed by atoms with E-state index in [9.17, 15) is 9.59 Å². The van der Waals surface area contributed by atoms with Gasteiger partial charge in [-0.1, -0.05) is 54.8 Å². The molecule has 1 spiro atoms. The van der Waals surface area contributed by atoms with E-state index < -0.39 is 0 Å². The Bertz CT molecular complexity index is 1310. The lowest BCUT2D eigenvalue weighted by Gasteiger charge is -2.33. The van der Waals surface area contributed by atoms with E-state index in [2.05, 4.69) is 40.5 Å². The lowest BCUT2D eigenvalue weighted by atomic mass is 9.78. The molecule has 3 fully saturated rings. The Morgan fingerprint density at radius 3 is 2.56 bits per heavy atom. The second-order valence-electron chi connectivity index (χ2n) is 11.6. The summed E-state index contributed by atoms with van der Waals surface area (Å²) in [5.41, 5.74) is 4.12. The Labute approximate surface area is 212 Å². The number of amides is 1. The van der Waals surface area contributed by atoms with Gasteiger partial charge >= 0.3 is 0 Å². The van der Waals surface area contributed by atoms with Crippen molar-refractivity contribution in [2.75, 3.05) is 19.6 Å². The summed E-state index contributed by atoms with van der Waals surface area (Å²) in [5.74, 6) is 0.388. The summed E-state index contributed by atoms with van der Waals surface area (Å²) >= 11 is 0. The van der Waals surface area contributed by atoms with Crippen molar-refractivity contribution >= 4 is 16.9 Å². The van der Waals surface area contributed by atoms with Crippen molar-refractivity contribution in [1.29, 1.82) is 0 Å². The molecule has 0 unspecified atom stereocenters. The van der Waals surface area contributed by atoms with E-state index in [1.165, 1.54) is 18.4 Å². The van der Waals surface area contributed by atoms with Gasteiger partial charge < -0.3 is 9.73 Å². The smallest absolute Gasteiger partial charge is 0.223 e. The molecule has 36 heavy (non-hydrogen) atoms. The van der Waals surface area contributed by atoms with Crippen LogP contribution in [-0.4, -0.2) is 30.4 Å². The quantitative estimate of drug-likeness (QED) is 0.514. The van der Waals surface area contributed by atoms with Gasteiger partial charge in [0.1, 0.15) is 5.58 Å². The number of hydrogen-bond acceptors (Lipinski definition) is 4. The fourth-order valence-corrected chi connectivity index (χ4v) is 6.85. The zero-order valence-corrected chi connectivity index (χ0v) is 21.2. The largest absolute Gasteiger partial charge is 0.464 e. The summed E-state index contributed by atoms with van der Waals surface area (Å²) in [6, 6.07) is 16.5. The van der Waals surface area contributed by atoms with E-state index in [0.717, 1.165) is 62.9 Å². The molecule has 5 heteroatoms. The third kappa shape index (κ3) is 4.28. The number of piperidine rings is 1. The predicted octanol–water partition coefficient (Wildman–Crippen LogP) is 5.33. The summed E-state index contributed by atoms with van der Waals surface area (Å²) in [7, 11) is 0. The van der Waals surface area contributed by atoms with Crippen LogP contribution in [0.1, 0.15) is 61.6 Å². The standard InChI is InChI=1S/C31H36N2O3/c1-22-9-10-27-25(17-22)28(34)23(20-36-27)19-33-15-13-30(14-16-33)18-26(30)29(35)32-21-31(11-5-6-12-31)24-7-3-2-4-8-24/h2-4,7-10,17,20,26H,5-6,11-16,18-19,21H2,1H3,(H,32,35)/t26-/m1/s1. The lowest BCUT2D eigenvalue weighted by molar-refractivity contribution is -0.123. The minimum Gasteiger partial charge on any atom is -0.464 e. The molecular weight excluding hydrogens is 448 g/mol. The Hall–Kier alpha value is -2.92. The summed E-state index contributed by atoms with van der Waals surface area (Å²) < 4.78 is 5.75. The number of aryl methyl sites for hydroxylation is 1. The Morgan fingerprint density at radius 1 is 1.06 bits per heavy atom. The van der Waals surface area contributed by atoms with Crippen molar-refractivity contribution in [3.63, 3.8) is 0 Å². The van der Waals surface area contributed by atoms with Crippen LogP contribution in [0.3, 0.4) is 0 Å². The third-order valence-electron chi connectivity index (χ3n) is 9.30. The molecule has 1 atom stereocenters. The molecule has 2 aromatic carbocycles. The van der Waals surface area contributed by atoms with Crippen molar-refractivity contribution in [2.24, 2.45) is 11.3 Å². The molecule has 2 saturated carbocycles. The van der Waals surface area contributed by atoms with Crippen LogP contribution >= 0.6 is 0 Å². The molecule has 3 aromatic rings. The highest BCUT2D eigenvalue weighted by atomic mass is 16.3. The number of nitrogens with zero attached hydrogens (tertiary/aromatic N) is 1. The van der Waals surface area contributed by atoms with Gasteiger partial charge in [-0.3, -0.25) is 14.5 Å². The zero-order valence-electron chi connectivity index (χ0n) is 21.2. The summed E-state index contributed by atoms with van der Waals surface area (Å²) in [6.45, 7) is 5.20. The molecule has 1 amide bonds. The first-order chi connectivity index (χ1) is 17.5. The van der Waals surface area contributed by atoms with Crippen LogP contribution in [0.25, 0.3) is 11.0 Å². The van der Waals surface area contributed by atoms with Crippen molar-refractivity contribution in [2.45, 2.75) is 63.8 Å². The molecule has 0 radical (unpaired) electrons. The fourth-order valence-electron chi connectivity index (χ4n) is 6.85. The number of carbonyl (C=O) groups excluding carboxylic acids is 1. The van der Waals surface area contributed by atoms with Crippen molar-refractivity contribution < 1.29 is 9.21 Å². The summed E-state index contributed by atoms with van der Waals surface area (Å²) in [4.78, 5) is 28.5. The lowest BCUT2D eigenvalue weighted by Crippen LogP contribution is -2.41. The van der Waals surface area contributed by atoms with Crippen molar-refractivity contribution in [1.82, 2.24) is 10.2 Å². The zero-order chi connectivity index (χ0) is 24.8. The first kappa shape index (κ1) is 23.5. The molecule has 2 heterocycles. The Balaban J connectivity index is 1.05. The van der Waals surface area contributed by atoms with Crippen LogP contribution in [-0.2, 0) is 16.8 Å². The number of rotatable bonds is 6. The van der Waals surface area contributed by atoms with Gasteiger partial charge in [0, 0.05) is 30.0 Å². The molecule has 1 aromatic heterocycles. The number of likely N-dealkylation sites (tertiary alicyclic amines) is 1. The summed E-state index contributed by atoms with van der Waals surface area (Å²) in [6.07, 6.45) is 9.46. The molecule has 2 aliphatic carbocycles. The van der Waals surface area contributed by atoms with E-state index in [4.69, 9.17) is 4.42 Å². The maximum atomic E-state index is 13.2. The molecule has 188 valence electrons. The second kappa shape index (κ2) is 9.19. The highest BCUT2D eigenvalue weighted by molar-refractivity contribution is 5.82. The number of hydrogen-bond donors (Lipinski definition) is 1. The second-order valence-corrected chi connectivity index (χ2v) is 11.6. The number of nitrogens with one attached hydrogen (secondary N) is 1. The highest BCUT2D eigenvalue weighted by Crippen LogP contribution is 2.59. The first-order valence-corrected chi connectivity index (χ1v) is 13.5. The molecule has 5 nitrogen and oxygen atoms in total. The molecule has 1 N–H and O–H groups in total. The minimum atomic E-state index is 0.0724. The molecule has 1 saturated heterocycles. The maximum Gasteiger partial charge on any atom is 0.223 e. The highest BCUT2D eigenvalue weighted by Gasteiger charge is 2.58. The fraction of sp³-hybridized carbons (Fsp3) is 0.484. The normalized spacial score (nSPS) is 22.6. The predicted molar refractivity (Wildman–Crippen MR) is 142 cm³/mol. The SMILES string of the molecule is Cc1ccc2occ(CN3CCC4(CC3)C[C@@H]4C(=O)NCC3(c4ccccc4)CCCC3)c(=O)c2c1.